The van der Waals surface area contributed by atoms with Crippen LogP contribution < -0.4 is 0 Å². The zero-order chi connectivity index (χ0) is 17.4. The lowest BCUT2D eigenvalue weighted by atomic mass is 9.94. The van der Waals surface area contributed by atoms with Crippen molar-refractivity contribution in [3.05, 3.63) is 69.4 Å². The van der Waals surface area contributed by atoms with Gasteiger partial charge in [-0.15, -0.1) is 0 Å². The highest BCUT2D eigenvalue weighted by molar-refractivity contribution is 5.93. The molecule has 0 atom stereocenters. The maximum absolute atomic E-state index is 9.09. The second-order valence-electron chi connectivity index (χ2n) is 6.64. The van der Waals surface area contributed by atoms with Crippen molar-refractivity contribution in [2.24, 2.45) is 0 Å². The molecule has 1 aromatic heterocycles. The van der Waals surface area contributed by atoms with Crippen LogP contribution in [0.2, 0.25) is 0 Å². The zero-order valence-corrected chi connectivity index (χ0v) is 15.1. The van der Waals surface area contributed by atoms with Crippen molar-refractivity contribution < 1.29 is 10.1 Å². The van der Waals surface area contributed by atoms with E-state index in [-0.39, 0.29) is 6.61 Å². The summed E-state index contributed by atoms with van der Waals surface area (Å²) in [5.41, 5.74) is 10.0. The lowest BCUT2D eigenvalue weighted by Gasteiger charge is -2.15. The molecule has 1 N–H and O–H groups in total. The number of fused-ring (bicyclic) bond motifs is 1. The Morgan fingerprint density at radius 3 is 2.08 bits per heavy atom. The minimum Gasteiger partial charge on any atom is -0.337 e. The van der Waals surface area contributed by atoms with Gasteiger partial charge in [-0.05, 0) is 68.0 Å². The summed E-state index contributed by atoms with van der Waals surface area (Å²) in [5.74, 6) is 0. The fourth-order valence-corrected chi connectivity index (χ4v) is 3.76. The second kappa shape index (κ2) is 6.42. The number of hydrogen-bond donors (Lipinski definition) is 1. The van der Waals surface area contributed by atoms with Gasteiger partial charge in [-0.25, -0.2) is 4.89 Å². The van der Waals surface area contributed by atoms with E-state index in [0.29, 0.717) is 0 Å². The predicted octanol–water partition coefficient (Wildman–Crippen LogP) is 5.22. The van der Waals surface area contributed by atoms with Crippen molar-refractivity contribution in [3.8, 4) is 0 Å². The highest BCUT2D eigenvalue weighted by atomic mass is 17.1. The van der Waals surface area contributed by atoms with Crippen molar-refractivity contribution in [2.45, 2.75) is 47.8 Å². The Kier molecular flexibility index (Phi) is 4.48. The Bertz CT molecular complexity index is 892. The van der Waals surface area contributed by atoms with Gasteiger partial charge in [-0.2, -0.15) is 0 Å². The van der Waals surface area contributed by atoms with E-state index in [9.17, 15) is 0 Å². The highest BCUT2D eigenvalue weighted by Crippen LogP contribution is 2.35. The normalized spacial score (nSPS) is 11.4. The van der Waals surface area contributed by atoms with E-state index >= 15 is 0 Å². The lowest BCUT2D eigenvalue weighted by Crippen LogP contribution is -2.07. The average molecular weight is 323 g/mol. The van der Waals surface area contributed by atoms with Crippen LogP contribution in [0.1, 0.15) is 39.1 Å². The summed E-state index contributed by atoms with van der Waals surface area (Å²) >= 11 is 0. The summed E-state index contributed by atoms with van der Waals surface area (Å²) in [6.07, 6.45) is 0. The van der Waals surface area contributed by atoms with Crippen LogP contribution in [0.15, 0.2) is 30.3 Å². The summed E-state index contributed by atoms with van der Waals surface area (Å²) < 4.78 is 2.30. The molecule has 0 unspecified atom stereocenters. The van der Waals surface area contributed by atoms with E-state index in [4.69, 9.17) is 5.26 Å². The predicted molar refractivity (Wildman–Crippen MR) is 98.6 cm³/mol. The summed E-state index contributed by atoms with van der Waals surface area (Å²) in [4.78, 5) is 4.54. The molecule has 0 bridgehead atoms. The van der Waals surface area contributed by atoms with Crippen LogP contribution in [0.5, 0.6) is 0 Å². The molecule has 0 saturated carbocycles. The smallest absolute Gasteiger partial charge is 0.122 e. The first-order valence-corrected chi connectivity index (χ1v) is 8.35. The van der Waals surface area contributed by atoms with Gasteiger partial charge in [-0.3, -0.25) is 5.26 Å². The van der Waals surface area contributed by atoms with E-state index in [2.05, 4.69) is 68.3 Å². The van der Waals surface area contributed by atoms with Crippen molar-refractivity contribution in [2.75, 3.05) is 0 Å². The van der Waals surface area contributed by atoms with E-state index < -0.39 is 0 Å². The largest absolute Gasteiger partial charge is 0.337 e. The van der Waals surface area contributed by atoms with E-state index in [1.165, 1.54) is 44.3 Å². The van der Waals surface area contributed by atoms with Crippen LogP contribution in [0, 0.1) is 34.6 Å². The SMILES string of the molecule is Cc1c(C)c(C)c2c(c1C)c(C)c(COO)n2Cc1ccccc1. The van der Waals surface area contributed by atoms with E-state index in [1.807, 2.05) is 6.07 Å². The monoisotopic (exact) mass is 323 g/mol. The standard InChI is InChI=1S/C21H25NO2/c1-13-14(2)16(4)21-20(15(13)3)17(5)19(12-24-23)22(21)11-18-9-7-6-8-10-18/h6-10,23H,11-12H2,1-5H3. The fourth-order valence-electron chi connectivity index (χ4n) is 3.76. The minimum absolute atomic E-state index is 0.199. The Balaban J connectivity index is 2.35. The van der Waals surface area contributed by atoms with Gasteiger partial charge in [0.25, 0.3) is 0 Å². The zero-order valence-electron chi connectivity index (χ0n) is 15.1. The Morgan fingerprint density at radius 1 is 0.833 bits per heavy atom. The average Bonchev–Trinajstić information content (AvgIpc) is 2.85. The molecule has 0 amide bonds. The third-order valence-corrected chi connectivity index (χ3v) is 5.44. The van der Waals surface area contributed by atoms with Gasteiger partial charge in [0.15, 0.2) is 0 Å². The molecule has 2 aromatic carbocycles. The third-order valence-electron chi connectivity index (χ3n) is 5.44. The van der Waals surface area contributed by atoms with Gasteiger partial charge in [0.05, 0.1) is 11.2 Å². The molecule has 0 saturated heterocycles. The molecule has 0 spiro atoms. The maximum atomic E-state index is 9.09. The second-order valence-corrected chi connectivity index (χ2v) is 6.64. The number of benzene rings is 2. The van der Waals surface area contributed by atoms with E-state index in [0.717, 1.165) is 12.2 Å². The van der Waals surface area contributed by atoms with Gasteiger partial charge in [0, 0.05) is 11.9 Å². The molecule has 3 aromatic rings. The van der Waals surface area contributed by atoms with Crippen LogP contribution in [-0.2, 0) is 18.0 Å². The van der Waals surface area contributed by atoms with Crippen LogP contribution in [0.3, 0.4) is 0 Å². The molecule has 126 valence electrons. The fraction of sp³-hybridized carbons (Fsp3) is 0.333. The first-order chi connectivity index (χ1) is 11.5. The Morgan fingerprint density at radius 2 is 1.46 bits per heavy atom. The topological polar surface area (TPSA) is 34.4 Å². The molecule has 0 aliphatic heterocycles. The number of aromatic nitrogens is 1. The Labute approximate surface area is 143 Å². The Hall–Kier alpha value is -2.10. The molecule has 0 aliphatic rings. The summed E-state index contributed by atoms with van der Waals surface area (Å²) in [5, 5.41) is 10.4. The highest BCUT2D eigenvalue weighted by Gasteiger charge is 2.20. The summed E-state index contributed by atoms with van der Waals surface area (Å²) in [6.45, 7) is 11.8. The molecule has 3 nitrogen and oxygen atoms in total. The van der Waals surface area contributed by atoms with Gasteiger partial charge in [-0.1, -0.05) is 30.3 Å². The van der Waals surface area contributed by atoms with Gasteiger partial charge in [0.1, 0.15) is 6.61 Å². The van der Waals surface area contributed by atoms with Crippen LogP contribution in [0.4, 0.5) is 0 Å². The summed E-state index contributed by atoms with van der Waals surface area (Å²) in [7, 11) is 0. The number of hydrogen-bond acceptors (Lipinski definition) is 2. The van der Waals surface area contributed by atoms with Crippen LogP contribution >= 0.6 is 0 Å². The van der Waals surface area contributed by atoms with Crippen molar-refractivity contribution in [1.82, 2.24) is 4.57 Å². The quantitative estimate of drug-likeness (QED) is 0.527. The molecule has 1 heterocycles. The number of aryl methyl sites for hydroxylation is 3. The first-order valence-electron chi connectivity index (χ1n) is 8.35. The molecule has 0 radical (unpaired) electrons. The maximum Gasteiger partial charge on any atom is 0.122 e. The molecular formula is C21H25NO2. The molecule has 0 aliphatic carbocycles. The number of nitrogens with zero attached hydrogens (tertiary/aromatic N) is 1. The number of rotatable bonds is 4. The van der Waals surface area contributed by atoms with E-state index in [1.54, 1.807) is 0 Å². The van der Waals surface area contributed by atoms with Gasteiger partial charge < -0.3 is 4.57 Å². The lowest BCUT2D eigenvalue weighted by molar-refractivity contribution is -0.254. The molecule has 3 rings (SSSR count). The molecule has 24 heavy (non-hydrogen) atoms. The van der Waals surface area contributed by atoms with Gasteiger partial charge >= 0.3 is 0 Å². The summed E-state index contributed by atoms with van der Waals surface area (Å²) in [6, 6.07) is 10.4. The molecule has 0 fully saturated rings. The molecular weight excluding hydrogens is 298 g/mol. The van der Waals surface area contributed by atoms with Crippen LogP contribution in [-0.4, -0.2) is 9.82 Å². The van der Waals surface area contributed by atoms with Crippen molar-refractivity contribution in [1.29, 1.82) is 0 Å². The van der Waals surface area contributed by atoms with Gasteiger partial charge in [0.2, 0.25) is 0 Å². The third kappa shape index (κ3) is 2.54. The van der Waals surface area contributed by atoms with Crippen molar-refractivity contribution in [3.63, 3.8) is 0 Å². The van der Waals surface area contributed by atoms with Crippen molar-refractivity contribution >= 4 is 10.9 Å². The minimum atomic E-state index is 0.199. The molecule has 3 heteroatoms. The first kappa shape index (κ1) is 16.7. The van der Waals surface area contributed by atoms with Crippen LogP contribution in [0.25, 0.3) is 10.9 Å².